The number of nitrogens with one attached hydrogen (secondary N) is 1. The summed E-state index contributed by atoms with van der Waals surface area (Å²) < 4.78 is 1.93. The van der Waals surface area contributed by atoms with Gasteiger partial charge in [0, 0.05) is 38.3 Å². The van der Waals surface area contributed by atoms with E-state index in [9.17, 15) is 9.59 Å². The van der Waals surface area contributed by atoms with Crippen molar-refractivity contribution in [1.82, 2.24) is 20.0 Å². The fourth-order valence-electron chi connectivity index (χ4n) is 3.77. The van der Waals surface area contributed by atoms with E-state index in [1.54, 1.807) is 4.90 Å². The van der Waals surface area contributed by atoms with E-state index in [1.165, 1.54) is 0 Å². The summed E-state index contributed by atoms with van der Waals surface area (Å²) in [6.07, 6.45) is 1.34. The first-order valence-corrected chi connectivity index (χ1v) is 9.43. The van der Waals surface area contributed by atoms with Gasteiger partial charge >= 0.3 is 0 Å². The van der Waals surface area contributed by atoms with Crippen LogP contribution < -0.4 is 10.2 Å². The number of hydrogen-bond donors (Lipinski definition) is 1. The van der Waals surface area contributed by atoms with E-state index in [1.807, 2.05) is 41.9 Å². The van der Waals surface area contributed by atoms with Crippen LogP contribution in [0.25, 0.3) is 0 Å². The molecule has 142 valence electrons. The summed E-state index contributed by atoms with van der Waals surface area (Å²) >= 11 is 0. The Hall–Kier alpha value is -2.67. The monoisotopic (exact) mass is 367 g/mol. The number of rotatable bonds is 3. The lowest BCUT2D eigenvalue weighted by atomic mass is 10.2. The molecule has 1 aromatic carbocycles. The van der Waals surface area contributed by atoms with E-state index < -0.39 is 0 Å². The highest BCUT2D eigenvalue weighted by Gasteiger charge is 2.32. The predicted molar refractivity (Wildman–Crippen MR) is 103 cm³/mol. The maximum absolute atomic E-state index is 12.7. The summed E-state index contributed by atoms with van der Waals surface area (Å²) in [7, 11) is 2.08. The van der Waals surface area contributed by atoms with E-state index in [2.05, 4.69) is 22.4 Å². The summed E-state index contributed by atoms with van der Waals surface area (Å²) in [5, 5.41) is 7.45. The number of benzene rings is 1. The Kier molecular flexibility index (Phi) is 4.70. The van der Waals surface area contributed by atoms with Gasteiger partial charge in [-0.25, -0.2) is 0 Å². The summed E-state index contributed by atoms with van der Waals surface area (Å²) in [5.74, 6) is -0.173. The van der Waals surface area contributed by atoms with E-state index in [4.69, 9.17) is 0 Å². The molecule has 2 aliphatic rings. The Balaban J connectivity index is 1.42. The minimum absolute atomic E-state index is 0.0337. The van der Waals surface area contributed by atoms with Crippen LogP contribution in [0.1, 0.15) is 34.6 Å². The third-order valence-electron chi connectivity index (χ3n) is 5.24. The SMILES string of the molecule is Cc1ccc(N2C[C@H](NC(=O)c3cc4n(n3)CCCN(C)C4)CC2=O)cc1. The molecule has 2 aliphatic heterocycles. The number of anilines is 1. The van der Waals surface area contributed by atoms with Crippen molar-refractivity contribution in [3.8, 4) is 0 Å². The minimum Gasteiger partial charge on any atom is -0.346 e. The lowest BCUT2D eigenvalue weighted by Crippen LogP contribution is -2.37. The van der Waals surface area contributed by atoms with Crippen LogP contribution in [0.3, 0.4) is 0 Å². The van der Waals surface area contributed by atoms with Gasteiger partial charge in [0.25, 0.3) is 5.91 Å². The van der Waals surface area contributed by atoms with Crippen LogP contribution in [-0.2, 0) is 17.9 Å². The van der Waals surface area contributed by atoms with Gasteiger partial charge in [-0.3, -0.25) is 14.3 Å². The topological polar surface area (TPSA) is 70.5 Å². The summed E-state index contributed by atoms with van der Waals surface area (Å²) in [5.41, 5.74) is 3.52. The van der Waals surface area contributed by atoms with E-state index in [0.29, 0.717) is 18.7 Å². The molecule has 7 nitrogen and oxygen atoms in total. The van der Waals surface area contributed by atoms with Crippen molar-refractivity contribution in [2.75, 3.05) is 25.0 Å². The van der Waals surface area contributed by atoms with Gasteiger partial charge in [0.2, 0.25) is 5.91 Å². The number of fused-ring (bicyclic) bond motifs is 1. The normalized spacial score (nSPS) is 20.4. The molecule has 1 N–H and O–H groups in total. The molecular weight excluding hydrogens is 342 g/mol. The van der Waals surface area contributed by atoms with Crippen molar-refractivity contribution in [2.45, 2.75) is 38.9 Å². The smallest absolute Gasteiger partial charge is 0.272 e. The maximum atomic E-state index is 12.7. The molecule has 3 heterocycles. The van der Waals surface area contributed by atoms with Crippen LogP contribution in [0, 0.1) is 6.92 Å². The number of aromatic nitrogens is 2. The molecule has 0 radical (unpaired) electrons. The standard InChI is InChI=1S/C20H25N5O2/c1-14-4-6-16(7-5-14)24-12-15(10-19(24)26)21-20(27)18-11-17-13-23(2)8-3-9-25(17)22-18/h4-7,11,15H,3,8-10,12-13H2,1-2H3,(H,21,27)/t15-/m1/s1. The molecule has 1 aromatic heterocycles. The molecule has 0 aliphatic carbocycles. The number of aryl methyl sites for hydroxylation is 2. The van der Waals surface area contributed by atoms with Crippen LogP contribution in [0.15, 0.2) is 30.3 Å². The average Bonchev–Trinajstić information content (AvgIpc) is 3.14. The quantitative estimate of drug-likeness (QED) is 0.894. The molecule has 4 rings (SSSR count). The molecule has 0 spiro atoms. The summed E-state index contributed by atoms with van der Waals surface area (Å²) in [6, 6.07) is 9.54. The van der Waals surface area contributed by atoms with Crippen molar-refractivity contribution in [1.29, 1.82) is 0 Å². The molecule has 2 amide bonds. The lowest BCUT2D eigenvalue weighted by molar-refractivity contribution is -0.117. The van der Waals surface area contributed by atoms with Crippen LogP contribution >= 0.6 is 0 Å². The summed E-state index contributed by atoms with van der Waals surface area (Å²) in [4.78, 5) is 29.0. The Bertz CT molecular complexity index is 858. The highest BCUT2D eigenvalue weighted by molar-refractivity contribution is 5.98. The fraction of sp³-hybridized carbons (Fsp3) is 0.450. The third kappa shape index (κ3) is 3.73. The second-order valence-corrected chi connectivity index (χ2v) is 7.55. The third-order valence-corrected chi connectivity index (χ3v) is 5.24. The highest BCUT2D eigenvalue weighted by atomic mass is 16.2. The zero-order chi connectivity index (χ0) is 19.0. The zero-order valence-corrected chi connectivity index (χ0v) is 15.8. The van der Waals surface area contributed by atoms with Crippen molar-refractivity contribution < 1.29 is 9.59 Å². The predicted octanol–water partition coefficient (Wildman–Crippen LogP) is 1.56. The molecule has 7 heteroatoms. The Morgan fingerprint density at radius 1 is 1.22 bits per heavy atom. The first kappa shape index (κ1) is 17.7. The average molecular weight is 367 g/mol. The highest BCUT2D eigenvalue weighted by Crippen LogP contribution is 2.22. The molecule has 0 saturated carbocycles. The summed E-state index contributed by atoms with van der Waals surface area (Å²) in [6.45, 7) is 5.16. The molecule has 2 aromatic rings. The van der Waals surface area contributed by atoms with E-state index in [-0.39, 0.29) is 17.9 Å². The van der Waals surface area contributed by atoms with Gasteiger partial charge in [-0.05, 0) is 38.6 Å². The van der Waals surface area contributed by atoms with Gasteiger partial charge in [0.15, 0.2) is 5.69 Å². The van der Waals surface area contributed by atoms with Crippen LogP contribution in [0.2, 0.25) is 0 Å². The van der Waals surface area contributed by atoms with E-state index >= 15 is 0 Å². The van der Waals surface area contributed by atoms with E-state index in [0.717, 1.165) is 43.0 Å². The fourth-order valence-corrected chi connectivity index (χ4v) is 3.77. The van der Waals surface area contributed by atoms with Gasteiger partial charge in [0.05, 0.1) is 11.7 Å². The molecule has 1 atom stereocenters. The van der Waals surface area contributed by atoms with Gasteiger partial charge in [-0.1, -0.05) is 17.7 Å². The maximum Gasteiger partial charge on any atom is 0.272 e. The van der Waals surface area contributed by atoms with Gasteiger partial charge in [-0.15, -0.1) is 0 Å². The Morgan fingerprint density at radius 2 is 2.00 bits per heavy atom. The largest absolute Gasteiger partial charge is 0.346 e. The first-order valence-electron chi connectivity index (χ1n) is 9.43. The number of nitrogens with zero attached hydrogens (tertiary/aromatic N) is 4. The van der Waals surface area contributed by atoms with Crippen molar-refractivity contribution >= 4 is 17.5 Å². The number of amides is 2. The number of hydrogen-bond acceptors (Lipinski definition) is 4. The Morgan fingerprint density at radius 3 is 2.78 bits per heavy atom. The lowest BCUT2D eigenvalue weighted by Gasteiger charge is -2.17. The molecule has 0 unspecified atom stereocenters. The number of carbonyl (C=O) groups is 2. The molecule has 0 bridgehead atoms. The second-order valence-electron chi connectivity index (χ2n) is 7.55. The number of carbonyl (C=O) groups excluding carboxylic acids is 2. The Labute approximate surface area is 158 Å². The van der Waals surface area contributed by atoms with Crippen LogP contribution in [0.4, 0.5) is 5.69 Å². The van der Waals surface area contributed by atoms with Crippen LogP contribution in [-0.4, -0.2) is 52.7 Å². The van der Waals surface area contributed by atoms with Gasteiger partial charge in [-0.2, -0.15) is 5.10 Å². The van der Waals surface area contributed by atoms with Gasteiger partial charge < -0.3 is 15.1 Å². The minimum atomic E-state index is -0.207. The van der Waals surface area contributed by atoms with Gasteiger partial charge in [0.1, 0.15) is 0 Å². The molecule has 27 heavy (non-hydrogen) atoms. The zero-order valence-electron chi connectivity index (χ0n) is 15.8. The first-order chi connectivity index (χ1) is 13.0. The second kappa shape index (κ2) is 7.15. The van der Waals surface area contributed by atoms with Crippen molar-refractivity contribution in [2.24, 2.45) is 0 Å². The molecule has 1 saturated heterocycles. The molecular formula is C20H25N5O2. The molecule has 1 fully saturated rings. The van der Waals surface area contributed by atoms with Crippen LogP contribution in [0.5, 0.6) is 0 Å². The van der Waals surface area contributed by atoms with Crippen molar-refractivity contribution in [3.63, 3.8) is 0 Å². The van der Waals surface area contributed by atoms with Crippen molar-refractivity contribution in [3.05, 3.63) is 47.3 Å².